The van der Waals surface area contributed by atoms with Crippen LogP contribution in [0.1, 0.15) is 24.3 Å². The number of ether oxygens (including phenoxy) is 2. The summed E-state index contributed by atoms with van der Waals surface area (Å²) < 4.78 is 13.0. The highest BCUT2D eigenvalue weighted by atomic mass is 16.5. The van der Waals surface area contributed by atoms with Crippen LogP contribution in [-0.2, 0) is 9.47 Å². The molecule has 7 heteroatoms. The number of morpholine rings is 1. The topological polar surface area (TPSA) is 69.5 Å². The summed E-state index contributed by atoms with van der Waals surface area (Å²) in [6, 6.07) is 3.62. The molecule has 1 aliphatic heterocycles. The van der Waals surface area contributed by atoms with Crippen molar-refractivity contribution in [1.82, 2.24) is 19.4 Å². The molecule has 0 bridgehead atoms. The van der Waals surface area contributed by atoms with Gasteiger partial charge in [0, 0.05) is 38.8 Å². The predicted octanol–water partition coefficient (Wildman–Crippen LogP) is 1.53. The number of carbonyl (C=O) groups excluding carboxylic acids is 1. The second-order valence-electron chi connectivity index (χ2n) is 6.51. The maximum Gasteiger partial charge on any atom is 0.272 e. The number of hydrogen-bond donors (Lipinski definition) is 0. The minimum absolute atomic E-state index is 0.102. The third-order valence-corrected chi connectivity index (χ3v) is 3.89. The molecule has 2 aromatic heterocycles. The highest BCUT2D eigenvalue weighted by Crippen LogP contribution is 2.23. The number of aromatic nitrogens is 3. The average Bonchev–Trinajstić information content (AvgIpc) is 3.07. The van der Waals surface area contributed by atoms with Crippen molar-refractivity contribution in [3.05, 3.63) is 42.7 Å². The van der Waals surface area contributed by atoms with Crippen LogP contribution in [0, 0.1) is 0 Å². The van der Waals surface area contributed by atoms with E-state index >= 15 is 0 Å². The molecule has 0 radical (unpaired) electrons. The lowest BCUT2D eigenvalue weighted by molar-refractivity contribution is -0.143. The lowest BCUT2D eigenvalue weighted by atomic mass is 10.0. The Morgan fingerprint density at radius 2 is 2.29 bits per heavy atom. The van der Waals surface area contributed by atoms with Gasteiger partial charge in [-0.15, -0.1) is 0 Å². The molecular formula is C17H22N4O3. The summed E-state index contributed by atoms with van der Waals surface area (Å²) in [6.07, 6.45) is 6.72. The quantitative estimate of drug-likeness (QED) is 0.850. The molecule has 1 atom stereocenters. The second kappa shape index (κ2) is 6.70. The standard InChI is InChI=1S/C17H22N4O3/c1-17(2)11-21(9-14(24-17)10-23-3)16(22)15-8-13(4-5-19-15)20-7-6-18-12-20/h4-8,12,14H,9-11H2,1-3H3/t14-/m0/s1. The SMILES string of the molecule is COC[C@@H]1CN(C(=O)c2cc(-n3ccnc3)ccn2)CC(C)(C)O1. The van der Waals surface area contributed by atoms with E-state index in [0.717, 1.165) is 5.69 Å². The molecule has 0 aliphatic carbocycles. The Balaban J connectivity index is 1.81. The van der Waals surface area contributed by atoms with Crippen molar-refractivity contribution in [2.75, 3.05) is 26.8 Å². The zero-order valence-electron chi connectivity index (χ0n) is 14.2. The van der Waals surface area contributed by atoms with E-state index in [1.807, 2.05) is 30.7 Å². The fraction of sp³-hybridized carbons (Fsp3) is 0.471. The molecule has 0 aromatic carbocycles. The smallest absolute Gasteiger partial charge is 0.272 e. The van der Waals surface area contributed by atoms with Gasteiger partial charge in [0.05, 0.1) is 30.3 Å². The van der Waals surface area contributed by atoms with Gasteiger partial charge in [-0.3, -0.25) is 9.78 Å². The van der Waals surface area contributed by atoms with Crippen LogP contribution in [-0.4, -0.2) is 63.9 Å². The Morgan fingerprint density at radius 1 is 1.46 bits per heavy atom. The molecule has 0 spiro atoms. The number of hydrogen-bond acceptors (Lipinski definition) is 5. The third kappa shape index (κ3) is 3.63. The number of amides is 1. The largest absolute Gasteiger partial charge is 0.382 e. The summed E-state index contributed by atoms with van der Waals surface area (Å²) in [5.41, 5.74) is 0.848. The van der Waals surface area contributed by atoms with Crippen LogP contribution in [0.2, 0.25) is 0 Å². The monoisotopic (exact) mass is 330 g/mol. The summed E-state index contributed by atoms with van der Waals surface area (Å²) in [7, 11) is 1.63. The highest BCUT2D eigenvalue weighted by Gasteiger charge is 2.36. The highest BCUT2D eigenvalue weighted by molar-refractivity contribution is 5.93. The molecule has 3 heterocycles. The van der Waals surface area contributed by atoms with E-state index < -0.39 is 5.60 Å². The van der Waals surface area contributed by atoms with Gasteiger partial charge in [0.25, 0.3) is 5.91 Å². The van der Waals surface area contributed by atoms with E-state index in [-0.39, 0.29) is 12.0 Å². The second-order valence-corrected chi connectivity index (χ2v) is 6.51. The minimum atomic E-state index is -0.418. The molecule has 1 saturated heterocycles. The van der Waals surface area contributed by atoms with Crippen LogP contribution in [0.3, 0.4) is 0 Å². The van der Waals surface area contributed by atoms with Gasteiger partial charge in [-0.2, -0.15) is 0 Å². The first kappa shape index (κ1) is 16.6. The maximum absolute atomic E-state index is 12.9. The van der Waals surface area contributed by atoms with Gasteiger partial charge in [0.2, 0.25) is 0 Å². The molecule has 1 amide bonds. The van der Waals surface area contributed by atoms with Crippen LogP contribution in [0.5, 0.6) is 0 Å². The Kier molecular flexibility index (Phi) is 4.64. The van der Waals surface area contributed by atoms with Gasteiger partial charge < -0.3 is 18.9 Å². The Labute approximate surface area is 141 Å². The van der Waals surface area contributed by atoms with Crippen LogP contribution in [0.25, 0.3) is 5.69 Å². The van der Waals surface area contributed by atoms with Gasteiger partial charge >= 0.3 is 0 Å². The molecule has 0 N–H and O–H groups in total. The molecule has 7 nitrogen and oxygen atoms in total. The lowest BCUT2D eigenvalue weighted by Gasteiger charge is -2.42. The molecule has 1 fully saturated rings. The van der Waals surface area contributed by atoms with Gasteiger partial charge in [0.1, 0.15) is 5.69 Å². The van der Waals surface area contributed by atoms with Gasteiger partial charge in [-0.25, -0.2) is 4.98 Å². The fourth-order valence-electron chi connectivity index (χ4n) is 2.99. The lowest BCUT2D eigenvalue weighted by Crippen LogP contribution is -2.55. The molecule has 128 valence electrons. The fourth-order valence-corrected chi connectivity index (χ4v) is 2.99. The summed E-state index contributed by atoms with van der Waals surface area (Å²) in [6.45, 7) is 5.42. The molecule has 2 aromatic rings. The minimum Gasteiger partial charge on any atom is -0.382 e. The zero-order chi connectivity index (χ0) is 17.2. The van der Waals surface area contributed by atoms with E-state index in [1.165, 1.54) is 0 Å². The van der Waals surface area contributed by atoms with Crippen LogP contribution >= 0.6 is 0 Å². The Bertz CT molecular complexity index is 700. The summed E-state index contributed by atoms with van der Waals surface area (Å²) in [5, 5.41) is 0. The van der Waals surface area contributed by atoms with E-state index in [0.29, 0.717) is 25.4 Å². The molecular weight excluding hydrogens is 308 g/mol. The zero-order valence-corrected chi connectivity index (χ0v) is 14.2. The summed E-state index contributed by atoms with van der Waals surface area (Å²) >= 11 is 0. The van der Waals surface area contributed by atoms with Crippen molar-refractivity contribution in [2.24, 2.45) is 0 Å². The van der Waals surface area contributed by atoms with Crippen molar-refractivity contribution >= 4 is 5.91 Å². The van der Waals surface area contributed by atoms with E-state index in [1.54, 1.807) is 36.8 Å². The molecule has 24 heavy (non-hydrogen) atoms. The number of carbonyl (C=O) groups is 1. The van der Waals surface area contributed by atoms with Crippen LogP contribution in [0.4, 0.5) is 0 Å². The first-order valence-corrected chi connectivity index (χ1v) is 7.89. The predicted molar refractivity (Wildman–Crippen MR) is 88.1 cm³/mol. The Morgan fingerprint density at radius 3 is 3.00 bits per heavy atom. The summed E-state index contributed by atoms with van der Waals surface area (Å²) in [4.78, 5) is 23.0. The van der Waals surface area contributed by atoms with E-state index in [4.69, 9.17) is 9.47 Å². The van der Waals surface area contributed by atoms with E-state index in [2.05, 4.69) is 9.97 Å². The third-order valence-electron chi connectivity index (χ3n) is 3.89. The van der Waals surface area contributed by atoms with Crippen molar-refractivity contribution in [1.29, 1.82) is 0 Å². The van der Waals surface area contributed by atoms with Crippen molar-refractivity contribution in [3.8, 4) is 5.69 Å². The van der Waals surface area contributed by atoms with Gasteiger partial charge in [-0.05, 0) is 26.0 Å². The molecule has 0 saturated carbocycles. The average molecular weight is 330 g/mol. The van der Waals surface area contributed by atoms with Crippen molar-refractivity contribution < 1.29 is 14.3 Å². The number of methoxy groups -OCH3 is 1. The van der Waals surface area contributed by atoms with E-state index in [9.17, 15) is 4.79 Å². The number of imidazole rings is 1. The van der Waals surface area contributed by atoms with Crippen molar-refractivity contribution in [3.63, 3.8) is 0 Å². The number of nitrogens with zero attached hydrogens (tertiary/aromatic N) is 4. The van der Waals surface area contributed by atoms with Crippen molar-refractivity contribution in [2.45, 2.75) is 25.6 Å². The first-order valence-electron chi connectivity index (χ1n) is 7.89. The van der Waals surface area contributed by atoms with Crippen LogP contribution < -0.4 is 0 Å². The molecule has 1 aliphatic rings. The molecule has 3 rings (SSSR count). The van der Waals surface area contributed by atoms with Crippen LogP contribution in [0.15, 0.2) is 37.1 Å². The number of pyridine rings is 1. The van der Waals surface area contributed by atoms with Gasteiger partial charge in [0.15, 0.2) is 0 Å². The first-order chi connectivity index (χ1) is 11.5. The maximum atomic E-state index is 12.9. The normalized spacial score (nSPS) is 20.1. The summed E-state index contributed by atoms with van der Waals surface area (Å²) in [5.74, 6) is -0.102. The molecule has 0 unspecified atom stereocenters. The van der Waals surface area contributed by atoms with Gasteiger partial charge in [-0.1, -0.05) is 0 Å². The Hall–Kier alpha value is -2.25. The number of rotatable bonds is 4.